The number of benzene rings is 2. The van der Waals surface area contributed by atoms with Gasteiger partial charge in [0.2, 0.25) is 0 Å². The van der Waals surface area contributed by atoms with E-state index in [1.54, 1.807) is 24.2 Å². The molecule has 5 rings (SSSR count). The van der Waals surface area contributed by atoms with Crippen LogP contribution in [0.5, 0.6) is 11.5 Å². The number of pyridine rings is 2. The van der Waals surface area contributed by atoms with Crippen LogP contribution in [0.3, 0.4) is 0 Å². The van der Waals surface area contributed by atoms with Gasteiger partial charge in [-0.15, -0.1) is 11.3 Å². The molecule has 0 radical (unpaired) electrons. The molecule has 0 saturated heterocycles. The molecular formula is C25H18N4OS2. The Morgan fingerprint density at radius 3 is 2.38 bits per heavy atom. The lowest BCUT2D eigenvalue weighted by Crippen LogP contribution is -1.97. The van der Waals surface area contributed by atoms with Crippen LogP contribution in [0.2, 0.25) is 0 Å². The third-order valence-corrected chi connectivity index (χ3v) is 6.21. The highest BCUT2D eigenvalue weighted by atomic mass is 32.2. The molecule has 0 unspecified atom stereocenters. The summed E-state index contributed by atoms with van der Waals surface area (Å²) in [6.07, 6.45) is 5.39. The number of anilines is 2. The lowest BCUT2D eigenvalue weighted by atomic mass is 10.2. The maximum atomic E-state index is 6.18. The lowest BCUT2D eigenvalue weighted by Gasteiger charge is -2.12. The molecule has 3 aromatic heterocycles. The number of para-hydroxylation sites is 1. The van der Waals surface area contributed by atoms with E-state index in [2.05, 4.69) is 15.3 Å². The van der Waals surface area contributed by atoms with Crippen LogP contribution in [0.1, 0.15) is 0 Å². The molecule has 0 aliphatic rings. The van der Waals surface area contributed by atoms with E-state index in [9.17, 15) is 0 Å². The second-order valence-electron chi connectivity index (χ2n) is 6.75. The summed E-state index contributed by atoms with van der Waals surface area (Å²) in [5.41, 5.74) is 2.00. The average molecular weight is 455 g/mol. The number of hydrogen-bond donors (Lipinski definition) is 1. The van der Waals surface area contributed by atoms with Crippen molar-refractivity contribution < 1.29 is 4.74 Å². The molecule has 7 heteroatoms. The number of rotatable bonds is 7. The SMILES string of the molecule is c1ccc(Oc2cc(Sc3ccncc3)cnc2Nc2nc(-c3ccccc3)cs2)cc1. The molecule has 0 saturated carbocycles. The fourth-order valence-electron chi connectivity index (χ4n) is 2.99. The number of nitrogens with zero attached hydrogens (tertiary/aromatic N) is 3. The molecule has 156 valence electrons. The second kappa shape index (κ2) is 9.64. The molecule has 0 aliphatic heterocycles. The molecule has 5 aromatic rings. The first-order valence-electron chi connectivity index (χ1n) is 9.92. The first-order chi connectivity index (χ1) is 15.8. The fourth-order valence-corrected chi connectivity index (χ4v) is 4.51. The van der Waals surface area contributed by atoms with Gasteiger partial charge in [0.1, 0.15) is 5.75 Å². The Morgan fingerprint density at radius 2 is 1.59 bits per heavy atom. The van der Waals surface area contributed by atoms with E-state index < -0.39 is 0 Å². The lowest BCUT2D eigenvalue weighted by molar-refractivity contribution is 0.481. The van der Waals surface area contributed by atoms with Gasteiger partial charge in [-0.3, -0.25) is 4.98 Å². The van der Waals surface area contributed by atoms with E-state index in [1.165, 1.54) is 11.3 Å². The predicted molar refractivity (Wildman–Crippen MR) is 130 cm³/mol. The standard InChI is InChI=1S/C25H18N4OS2/c1-3-7-18(8-4-1)22-17-31-25(28-22)29-24-23(30-19-9-5-2-6-10-19)15-21(16-27-24)32-20-11-13-26-14-12-20/h1-17H,(H,27,28,29). The maximum Gasteiger partial charge on any atom is 0.188 e. The van der Waals surface area contributed by atoms with Gasteiger partial charge >= 0.3 is 0 Å². The Hall–Kier alpha value is -3.68. The highest BCUT2D eigenvalue weighted by Gasteiger charge is 2.12. The van der Waals surface area contributed by atoms with Crippen molar-refractivity contribution in [2.75, 3.05) is 5.32 Å². The topological polar surface area (TPSA) is 59.9 Å². The zero-order valence-electron chi connectivity index (χ0n) is 16.9. The Kier molecular flexibility index (Phi) is 6.09. The monoisotopic (exact) mass is 454 g/mol. The minimum atomic E-state index is 0.613. The van der Waals surface area contributed by atoms with Crippen molar-refractivity contribution in [2.24, 2.45) is 0 Å². The smallest absolute Gasteiger partial charge is 0.188 e. The minimum Gasteiger partial charge on any atom is -0.453 e. The van der Waals surface area contributed by atoms with Crippen LogP contribution in [0.25, 0.3) is 11.3 Å². The van der Waals surface area contributed by atoms with Gasteiger partial charge in [0.15, 0.2) is 16.7 Å². The minimum absolute atomic E-state index is 0.613. The van der Waals surface area contributed by atoms with Gasteiger partial charge in [0.25, 0.3) is 0 Å². The van der Waals surface area contributed by atoms with Crippen LogP contribution >= 0.6 is 23.1 Å². The molecule has 32 heavy (non-hydrogen) atoms. The molecule has 1 N–H and O–H groups in total. The van der Waals surface area contributed by atoms with Crippen LogP contribution in [0.4, 0.5) is 10.9 Å². The predicted octanol–water partition coefficient (Wildman–Crippen LogP) is 7.29. The van der Waals surface area contributed by atoms with Gasteiger partial charge < -0.3 is 10.1 Å². The van der Waals surface area contributed by atoms with E-state index in [1.807, 2.05) is 90.4 Å². The number of nitrogens with one attached hydrogen (secondary N) is 1. The summed E-state index contributed by atoms with van der Waals surface area (Å²) >= 11 is 3.14. The summed E-state index contributed by atoms with van der Waals surface area (Å²) in [6, 6.07) is 25.7. The number of ether oxygens (including phenoxy) is 1. The zero-order valence-corrected chi connectivity index (χ0v) is 18.5. The molecule has 3 heterocycles. The first kappa shape index (κ1) is 20.2. The second-order valence-corrected chi connectivity index (χ2v) is 8.75. The third kappa shape index (κ3) is 4.96. The Balaban J connectivity index is 1.43. The molecule has 0 atom stereocenters. The Morgan fingerprint density at radius 1 is 0.844 bits per heavy atom. The molecule has 0 fully saturated rings. The van der Waals surface area contributed by atoms with Gasteiger partial charge in [-0.1, -0.05) is 60.3 Å². The largest absolute Gasteiger partial charge is 0.453 e. The van der Waals surface area contributed by atoms with Crippen LogP contribution in [-0.2, 0) is 0 Å². The number of aromatic nitrogens is 3. The maximum absolute atomic E-state index is 6.18. The zero-order chi connectivity index (χ0) is 21.6. The van der Waals surface area contributed by atoms with E-state index in [4.69, 9.17) is 9.72 Å². The summed E-state index contributed by atoms with van der Waals surface area (Å²) < 4.78 is 6.18. The van der Waals surface area contributed by atoms with Gasteiger partial charge in [0, 0.05) is 45.4 Å². The number of thiazole rings is 1. The highest BCUT2D eigenvalue weighted by Crippen LogP contribution is 2.37. The summed E-state index contributed by atoms with van der Waals surface area (Å²) in [7, 11) is 0. The Bertz CT molecular complexity index is 1300. The molecule has 2 aromatic carbocycles. The molecule has 0 aliphatic carbocycles. The van der Waals surface area contributed by atoms with Crippen molar-refractivity contribution in [2.45, 2.75) is 9.79 Å². The summed E-state index contributed by atoms with van der Waals surface area (Å²) in [4.78, 5) is 15.5. The van der Waals surface area contributed by atoms with Crippen molar-refractivity contribution in [3.05, 3.63) is 103 Å². The number of hydrogen-bond acceptors (Lipinski definition) is 7. The van der Waals surface area contributed by atoms with Crippen LogP contribution in [0.15, 0.2) is 113 Å². The van der Waals surface area contributed by atoms with E-state index in [0.29, 0.717) is 11.6 Å². The average Bonchev–Trinajstić information content (AvgIpc) is 3.31. The molecule has 5 nitrogen and oxygen atoms in total. The van der Waals surface area contributed by atoms with Crippen molar-refractivity contribution in [3.63, 3.8) is 0 Å². The summed E-state index contributed by atoms with van der Waals surface area (Å²) in [5, 5.41) is 6.11. The van der Waals surface area contributed by atoms with Crippen LogP contribution < -0.4 is 10.1 Å². The Labute approximate surface area is 194 Å². The van der Waals surface area contributed by atoms with Crippen molar-refractivity contribution >= 4 is 34.0 Å². The first-order valence-corrected chi connectivity index (χ1v) is 11.6. The van der Waals surface area contributed by atoms with Gasteiger partial charge in [0.05, 0.1) is 5.69 Å². The normalized spacial score (nSPS) is 10.6. The van der Waals surface area contributed by atoms with Crippen LogP contribution in [0, 0.1) is 0 Å². The van der Waals surface area contributed by atoms with Crippen molar-refractivity contribution in [3.8, 4) is 22.8 Å². The highest BCUT2D eigenvalue weighted by molar-refractivity contribution is 7.99. The van der Waals surface area contributed by atoms with Crippen molar-refractivity contribution in [1.82, 2.24) is 15.0 Å². The fraction of sp³-hybridized carbons (Fsp3) is 0. The molecule has 0 spiro atoms. The summed E-state index contributed by atoms with van der Waals surface area (Å²) in [6.45, 7) is 0. The van der Waals surface area contributed by atoms with Crippen molar-refractivity contribution in [1.29, 1.82) is 0 Å². The molecular weight excluding hydrogens is 436 g/mol. The van der Waals surface area contributed by atoms with Gasteiger partial charge in [-0.05, 0) is 24.3 Å². The quantitative estimate of drug-likeness (QED) is 0.279. The third-order valence-electron chi connectivity index (χ3n) is 4.48. The summed E-state index contributed by atoms with van der Waals surface area (Å²) in [5.74, 6) is 1.99. The molecule has 0 amide bonds. The van der Waals surface area contributed by atoms with E-state index in [-0.39, 0.29) is 0 Å². The van der Waals surface area contributed by atoms with Crippen LogP contribution in [-0.4, -0.2) is 15.0 Å². The van der Waals surface area contributed by atoms with Gasteiger partial charge in [-0.25, -0.2) is 9.97 Å². The van der Waals surface area contributed by atoms with Gasteiger partial charge in [-0.2, -0.15) is 0 Å². The van der Waals surface area contributed by atoms with E-state index >= 15 is 0 Å². The molecule has 0 bridgehead atoms. The van der Waals surface area contributed by atoms with E-state index in [0.717, 1.165) is 31.9 Å².